The van der Waals surface area contributed by atoms with Crippen LogP contribution in [-0.2, 0) is 0 Å². The first-order valence-electron chi connectivity index (χ1n) is 4.76. The maximum Gasteiger partial charge on any atom is 0.0878 e. The molecule has 1 aliphatic rings. The second-order valence-electron chi connectivity index (χ2n) is 3.44. The molecule has 66 valence electrons. The van der Waals surface area contributed by atoms with Crippen LogP contribution in [0.3, 0.4) is 0 Å². The second-order valence-corrected chi connectivity index (χ2v) is 4.67. The lowest BCUT2D eigenvalue weighted by molar-refractivity contribution is -0.923. The largest absolute Gasteiger partial charge is 0.322 e. The van der Waals surface area contributed by atoms with E-state index < -0.39 is 0 Å². The Bertz CT molecular complexity index is 103. The zero-order valence-corrected chi connectivity index (χ0v) is 8.62. The van der Waals surface area contributed by atoms with E-state index in [0.717, 1.165) is 0 Å². The van der Waals surface area contributed by atoms with E-state index in [1.807, 2.05) is 0 Å². The van der Waals surface area contributed by atoms with Gasteiger partial charge in [-0.1, -0.05) is 6.92 Å². The summed E-state index contributed by atoms with van der Waals surface area (Å²) in [6, 6.07) is 0. The van der Waals surface area contributed by atoms with Crippen LogP contribution in [-0.4, -0.2) is 42.2 Å². The fraction of sp³-hybridized carbons (Fsp3) is 1.00. The Morgan fingerprint density at radius 1 is 1.18 bits per heavy atom. The Kier molecular flexibility index (Phi) is 3.73. The Morgan fingerprint density at radius 2 is 1.82 bits per heavy atom. The first-order chi connectivity index (χ1) is 5.33. The zero-order valence-electron chi connectivity index (χ0n) is 7.81. The predicted molar refractivity (Wildman–Crippen MR) is 53.0 cm³/mol. The smallest absolute Gasteiger partial charge is 0.0878 e. The minimum absolute atomic E-state index is 1.34. The van der Waals surface area contributed by atoms with Crippen molar-refractivity contribution < 1.29 is 4.48 Å². The molecular formula is C9H20NS+. The third-order valence-electron chi connectivity index (χ3n) is 2.79. The third kappa shape index (κ3) is 2.38. The lowest BCUT2D eigenvalue weighted by Gasteiger charge is -2.40. The molecule has 0 unspecified atom stereocenters. The molecule has 1 rings (SSSR count). The molecule has 1 saturated heterocycles. The van der Waals surface area contributed by atoms with Crippen molar-refractivity contribution in [1.82, 2.24) is 0 Å². The first kappa shape index (κ1) is 9.40. The SMILES string of the molecule is CCC[N+]1(CC)CCSCC1. The molecular weight excluding hydrogens is 154 g/mol. The lowest BCUT2D eigenvalue weighted by atomic mass is 10.3. The van der Waals surface area contributed by atoms with Crippen molar-refractivity contribution >= 4 is 11.8 Å². The molecule has 0 aromatic carbocycles. The van der Waals surface area contributed by atoms with Crippen LogP contribution >= 0.6 is 11.8 Å². The molecule has 0 spiro atoms. The topological polar surface area (TPSA) is 0 Å². The van der Waals surface area contributed by atoms with Gasteiger partial charge >= 0.3 is 0 Å². The van der Waals surface area contributed by atoms with Crippen molar-refractivity contribution in [1.29, 1.82) is 0 Å². The monoisotopic (exact) mass is 174 g/mol. The van der Waals surface area contributed by atoms with Gasteiger partial charge in [0.2, 0.25) is 0 Å². The first-order valence-corrected chi connectivity index (χ1v) is 5.91. The van der Waals surface area contributed by atoms with Gasteiger partial charge in [0.25, 0.3) is 0 Å². The number of thioether (sulfide) groups is 1. The minimum atomic E-state index is 1.34. The second kappa shape index (κ2) is 4.36. The van der Waals surface area contributed by atoms with Gasteiger partial charge in [-0.3, -0.25) is 0 Å². The molecule has 1 heterocycles. The van der Waals surface area contributed by atoms with Crippen molar-refractivity contribution in [2.24, 2.45) is 0 Å². The average molecular weight is 174 g/mol. The fourth-order valence-corrected chi connectivity index (χ4v) is 3.14. The number of rotatable bonds is 3. The van der Waals surface area contributed by atoms with Crippen molar-refractivity contribution in [2.45, 2.75) is 20.3 Å². The maximum atomic E-state index is 2.34. The van der Waals surface area contributed by atoms with E-state index in [-0.39, 0.29) is 0 Å². The van der Waals surface area contributed by atoms with Gasteiger partial charge in [0.15, 0.2) is 0 Å². The Morgan fingerprint density at radius 3 is 2.27 bits per heavy atom. The maximum absolute atomic E-state index is 2.34. The highest BCUT2D eigenvalue weighted by molar-refractivity contribution is 7.99. The van der Waals surface area contributed by atoms with Gasteiger partial charge < -0.3 is 4.48 Å². The molecule has 2 heteroatoms. The van der Waals surface area contributed by atoms with Crippen molar-refractivity contribution in [3.63, 3.8) is 0 Å². The summed E-state index contributed by atoms with van der Waals surface area (Å²) < 4.78 is 1.39. The van der Waals surface area contributed by atoms with Gasteiger partial charge in [-0.15, -0.1) is 0 Å². The summed E-state index contributed by atoms with van der Waals surface area (Å²) in [4.78, 5) is 0. The van der Waals surface area contributed by atoms with Crippen LogP contribution in [0.5, 0.6) is 0 Å². The molecule has 1 fully saturated rings. The van der Waals surface area contributed by atoms with Crippen LogP contribution in [0.1, 0.15) is 20.3 Å². The Labute approximate surface area is 74.7 Å². The summed E-state index contributed by atoms with van der Waals surface area (Å²) in [6.07, 6.45) is 1.35. The molecule has 0 saturated carbocycles. The van der Waals surface area contributed by atoms with Gasteiger partial charge in [-0.25, -0.2) is 0 Å². The molecule has 0 bridgehead atoms. The molecule has 0 radical (unpaired) electrons. The third-order valence-corrected chi connectivity index (χ3v) is 3.73. The van der Waals surface area contributed by atoms with E-state index in [9.17, 15) is 0 Å². The quantitative estimate of drug-likeness (QED) is 0.590. The highest BCUT2D eigenvalue weighted by Gasteiger charge is 2.26. The summed E-state index contributed by atoms with van der Waals surface area (Å²) in [6.45, 7) is 10.2. The van der Waals surface area contributed by atoms with Crippen LogP contribution in [0.2, 0.25) is 0 Å². The van der Waals surface area contributed by atoms with Gasteiger partial charge in [0, 0.05) is 11.5 Å². The standard InChI is InChI=1S/C9H20NS/c1-3-5-10(4-2)6-8-11-9-7-10/h3-9H2,1-2H3/q+1. The molecule has 0 aliphatic carbocycles. The van der Waals surface area contributed by atoms with E-state index in [1.165, 1.54) is 48.6 Å². The summed E-state index contributed by atoms with van der Waals surface area (Å²) >= 11 is 2.12. The van der Waals surface area contributed by atoms with Gasteiger partial charge in [0.1, 0.15) is 0 Å². The summed E-state index contributed by atoms with van der Waals surface area (Å²) in [5, 5.41) is 0. The van der Waals surface area contributed by atoms with Crippen molar-refractivity contribution in [3.8, 4) is 0 Å². The molecule has 0 N–H and O–H groups in total. The van der Waals surface area contributed by atoms with E-state index in [0.29, 0.717) is 0 Å². The van der Waals surface area contributed by atoms with E-state index in [2.05, 4.69) is 25.6 Å². The Hall–Kier alpha value is 0.310. The molecule has 0 atom stereocenters. The molecule has 0 aromatic heterocycles. The lowest BCUT2D eigenvalue weighted by Crippen LogP contribution is -2.53. The number of hydrogen-bond acceptors (Lipinski definition) is 1. The molecule has 0 amide bonds. The van der Waals surface area contributed by atoms with Crippen LogP contribution in [0.4, 0.5) is 0 Å². The Balaban J connectivity index is 2.42. The molecule has 1 nitrogen and oxygen atoms in total. The summed E-state index contributed by atoms with van der Waals surface area (Å²) in [5.74, 6) is 2.77. The minimum Gasteiger partial charge on any atom is -0.322 e. The van der Waals surface area contributed by atoms with Gasteiger partial charge in [-0.2, -0.15) is 11.8 Å². The van der Waals surface area contributed by atoms with Gasteiger partial charge in [0.05, 0.1) is 26.2 Å². The molecule has 0 aromatic rings. The zero-order chi connectivity index (χ0) is 8.16. The average Bonchev–Trinajstić information content (AvgIpc) is 2.07. The fourth-order valence-electron chi connectivity index (χ4n) is 1.90. The van der Waals surface area contributed by atoms with Crippen LogP contribution in [0.15, 0.2) is 0 Å². The normalized spacial score (nSPS) is 23.5. The number of hydrogen-bond donors (Lipinski definition) is 0. The van der Waals surface area contributed by atoms with E-state index in [1.54, 1.807) is 0 Å². The molecule has 1 aliphatic heterocycles. The highest BCUT2D eigenvalue weighted by atomic mass is 32.2. The molecule has 11 heavy (non-hydrogen) atoms. The number of quaternary nitrogens is 1. The van der Waals surface area contributed by atoms with Crippen LogP contribution in [0, 0.1) is 0 Å². The van der Waals surface area contributed by atoms with Crippen molar-refractivity contribution in [2.75, 3.05) is 37.7 Å². The highest BCUT2D eigenvalue weighted by Crippen LogP contribution is 2.18. The van der Waals surface area contributed by atoms with E-state index >= 15 is 0 Å². The number of nitrogens with zero attached hydrogens (tertiary/aromatic N) is 1. The van der Waals surface area contributed by atoms with Gasteiger partial charge in [-0.05, 0) is 13.3 Å². The van der Waals surface area contributed by atoms with Crippen LogP contribution in [0.25, 0.3) is 0 Å². The van der Waals surface area contributed by atoms with Crippen LogP contribution < -0.4 is 0 Å². The summed E-state index contributed by atoms with van der Waals surface area (Å²) in [7, 11) is 0. The predicted octanol–water partition coefficient (Wildman–Crippen LogP) is 1.98. The van der Waals surface area contributed by atoms with E-state index in [4.69, 9.17) is 0 Å². The summed E-state index contributed by atoms with van der Waals surface area (Å²) in [5.41, 5.74) is 0. The van der Waals surface area contributed by atoms with Crippen molar-refractivity contribution in [3.05, 3.63) is 0 Å².